The normalized spacial score (nSPS) is 12.3. The predicted octanol–water partition coefficient (Wildman–Crippen LogP) is 2.44. The van der Waals surface area contributed by atoms with E-state index in [1.165, 1.54) is 6.07 Å². The highest BCUT2D eigenvalue weighted by Gasteiger charge is 2.10. The molecule has 1 atom stereocenters. The third-order valence-corrected chi connectivity index (χ3v) is 3.30. The number of benzene rings is 2. The van der Waals surface area contributed by atoms with Crippen LogP contribution in [0.15, 0.2) is 42.5 Å². The van der Waals surface area contributed by atoms with E-state index in [1.54, 1.807) is 12.1 Å². The van der Waals surface area contributed by atoms with Gasteiger partial charge in [0, 0.05) is 24.2 Å². The standard InChI is InChI=1S/C16H19NO3/c1-11(15-7-6-14(19)8-16(15)20)17-9-12-2-4-13(10-18)5-3-12/h2-8,11,17-20H,9-10H2,1H3. The zero-order valence-corrected chi connectivity index (χ0v) is 11.4. The zero-order valence-electron chi connectivity index (χ0n) is 11.4. The van der Waals surface area contributed by atoms with Crippen LogP contribution in [-0.2, 0) is 13.2 Å². The average molecular weight is 273 g/mol. The molecule has 0 saturated carbocycles. The molecule has 0 saturated heterocycles. The molecule has 0 aliphatic rings. The van der Waals surface area contributed by atoms with E-state index in [9.17, 15) is 10.2 Å². The summed E-state index contributed by atoms with van der Waals surface area (Å²) in [5.74, 6) is 0.138. The van der Waals surface area contributed by atoms with Crippen molar-refractivity contribution in [3.8, 4) is 11.5 Å². The van der Waals surface area contributed by atoms with Crippen molar-refractivity contribution in [3.63, 3.8) is 0 Å². The Hall–Kier alpha value is -2.04. The van der Waals surface area contributed by atoms with Crippen LogP contribution in [0.5, 0.6) is 11.5 Å². The summed E-state index contributed by atoms with van der Waals surface area (Å²) < 4.78 is 0. The Labute approximate surface area is 118 Å². The summed E-state index contributed by atoms with van der Waals surface area (Å²) in [6, 6.07) is 12.3. The molecular formula is C16H19NO3. The Bertz CT molecular complexity index is 566. The highest BCUT2D eigenvalue weighted by molar-refractivity contribution is 5.40. The van der Waals surface area contributed by atoms with Gasteiger partial charge >= 0.3 is 0 Å². The van der Waals surface area contributed by atoms with E-state index >= 15 is 0 Å². The number of aliphatic hydroxyl groups is 1. The Balaban J connectivity index is 1.98. The van der Waals surface area contributed by atoms with Gasteiger partial charge in [-0.1, -0.05) is 30.3 Å². The Morgan fingerprint density at radius 3 is 2.25 bits per heavy atom. The van der Waals surface area contributed by atoms with E-state index in [0.29, 0.717) is 6.54 Å². The maximum atomic E-state index is 9.80. The number of aromatic hydroxyl groups is 2. The minimum Gasteiger partial charge on any atom is -0.508 e. The first kappa shape index (κ1) is 14.4. The van der Waals surface area contributed by atoms with Crippen LogP contribution in [0, 0.1) is 0 Å². The maximum Gasteiger partial charge on any atom is 0.124 e. The van der Waals surface area contributed by atoms with Gasteiger partial charge in [0.15, 0.2) is 0 Å². The third kappa shape index (κ3) is 3.50. The number of phenolic OH excluding ortho intramolecular Hbond substituents is 2. The molecule has 0 aromatic heterocycles. The fourth-order valence-electron chi connectivity index (χ4n) is 2.04. The van der Waals surface area contributed by atoms with Gasteiger partial charge in [-0.3, -0.25) is 0 Å². The summed E-state index contributed by atoms with van der Waals surface area (Å²) in [6.07, 6.45) is 0. The number of phenols is 2. The molecule has 0 aliphatic carbocycles. The van der Waals surface area contributed by atoms with E-state index in [0.717, 1.165) is 16.7 Å². The van der Waals surface area contributed by atoms with Crippen LogP contribution in [0.4, 0.5) is 0 Å². The summed E-state index contributed by atoms with van der Waals surface area (Å²) in [6.45, 7) is 2.66. The minimum absolute atomic E-state index is 0.0341. The molecule has 2 aromatic rings. The molecule has 2 rings (SSSR count). The Morgan fingerprint density at radius 2 is 1.65 bits per heavy atom. The number of hydrogen-bond acceptors (Lipinski definition) is 4. The van der Waals surface area contributed by atoms with Crippen molar-refractivity contribution in [2.75, 3.05) is 0 Å². The lowest BCUT2D eigenvalue weighted by Gasteiger charge is -2.16. The van der Waals surface area contributed by atoms with Gasteiger partial charge in [-0.2, -0.15) is 0 Å². The van der Waals surface area contributed by atoms with Gasteiger partial charge in [-0.15, -0.1) is 0 Å². The first-order valence-corrected chi connectivity index (χ1v) is 6.54. The molecule has 2 aromatic carbocycles. The lowest BCUT2D eigenvalue weighted by Crippen LogP contribution is -2.18. The Kier molecular flexibility index (Phi) is 4.61. The van der Waals surface area contributed by atoms with Crippen LogP contribution >= 0.6 is 0 Å². The third-order valence-electron chi connectivity index (χ3n) is 3.30. The maximum absolute atomic E-state index is 9.80. The molecule has 0 bridgehead atoms. The van der Waals surface area contributed by atoms with Crippen LogP contribution in [0.2, 0.25) is 0 Å². The van der Waals surface area contributed by atoms with E-state index < -0.39 is 0 Å². The largest absolute Gasteiger partial charge is 0.508 e. The predicted molar refractivity (Wildman–Crippen MR) is 77.4 cm³/mol. The molecule has 0 spiro atoms. The fraction of sp³-hybridized carbons (Fsp3) is 0.250. The summed E-state index contributed by atoms with van der Waals surface area (Å²) in [5, 5.41) is 31.4. The molecule has 1 unspecified atom stereocenters. The van der Waals surface area contributed by atoms with Crippen molar-refractivity contribution < 1.29 is 15.3 Å². The number of aliphatic hydroxyl groups excluding tert-OH is 1. The second-order valence-corrected chi connectivity index (χ2v) is 4.82. The van der Waals surface area contributed by atoms with Crippen LogP contribution in [0.3, 0.4) is 0 Å². The van der Waals surface area contributed by atoms with Crippen molar-refractivity contribution in [3.05, 3.63) is 59.2 Å². The molecule has 0 aliphatic heterocycles. The highest BCUT2D eigenvalue weighted by Crippen LogP contribution is 2.27. The molecule has 0 heterocycles. The molecule has 0 amide bonds. The van der Waals surface area contributed by atoms with Crippen molar-refractivity contribution in [2.45, 2.75) is 26.1 Å². The second-order valence-electron chi connectivity index (χ2n) is 4.82. The molecule has 0 radical (unpaired) electrons. The van der Waals surface area contributed by atoms with E-state index in [1.807, 2.05) is 31.2 Å². The number of hydrogen-bond donors (Lipinski definition) is 4. The van der Waals surface area contributed by atoms with Crippen molar-refractivity contribution >= 4 is 0 Å². The van der Waals surface area contributed by atoms with Gasteiger partial charge in [0.05, 0.1) is 6.61 Å². The molecule has 4 heteroatoms. The van der Waals surface area contributed by atoms with Gasteiger partial charge in [0.25, 0.3) is 0 Å². The first-order chi connectivity index (χ1) is 9.60. The zero-order chi connectivity index (χ0) is 14.5. The van der Waals surface area contributed by atoms with Crippen molar-refractivity contribution in [2.24, 2.45) is 0 Å². The van der Waals surface area contributed by atoms with Gasteiger partial charge in [0.1, 0.15) is 11.5 Å². The Morgan fingerprint density at radius 1 is 1.00 bits per heavy atom. The van der Waals surface area contributed by atoms with Crippen molar-refractivity contribution in [1.82, 2.24) is 5.32 Å². The first-order valence-electron chi connectivity index (χ1n) is 6.54. The number of rotatable bonds is 5. The van der Waals surface area contributed by atoms with E-state index in [-0.39, 0.29) is 24.1 Å². The monoisotopic (exact) mass is 273 g/mol. The fourth-order valence-corrected chi connectivity index (χ4v) is 2.04. The van der Waals surface area contributed by atoms with Gasteiger partial charge in [0.2, 0.25) is 0 Å². The summed E-state index contributed by atoms with van der Waals surface area (Å²) >= 11 is 0. The summed E-state index contributed by atoms with van der Waals surface area (Å²) in [5.41, 5.74) is 2.74. The summed E-state index contributed by atoms with van der Waals surface area (Å²) in [7, 11) is 0. The minimum atomic E-state index is -0.0341. The summed E-state index contributed by atoms with van der Waals surface area (Å²) in [4.78, 5) is 0. The van der Waals surface area contributed by atoms with E-state index in [2.05, 4.69) is 5.32 Å². The molecular weight excluding hydrogens is 254 g/mol. The van der Waals surface area contributed by atoms with Crippen LogP contribution in [0.1, 0.15) is 29.7 Å². The molecule has 20 heavy (non-hydrogen) atoms. The SMILES string of the molecule is CC(NCc1ccc(CO)cc1)c1ccc(O)cc1O. The van der Waals surface area contributed by atoms with Gasteiger partial charge in [-0.25, -0.2) is 0 Å². The molecule has 4 nitrogen and oxygen atoms in total. The number of nitrogens with one attached hydrogen (secondary N) is 1. The van der Waals surface area contributed by atoms with Gasteiger partial charge < -0.3 is 20.6 Å². The smallest absolute Gasteiger partial charge is 0.124 e. The highest BCUT2D eigenvalue weighted by atomic mass is 16.3. The van der Waals surface area contributed by atoms with E-state index in [4.69, 9.17) is 5.11 Å². The second kappa shape index (κ2) is 6.41. The quantitative estimate of drug-likeness (QED) is 0.675. The topological polar surface area (TPSA) is 72.7 Å². The lowest BCUT2D eigenvalue weighted by atomic mass is 10.1. The van der Waals surface area contributed by atoms with Crippen molar-refractivity contribution in [1.29, 1.82) is 0 Å². The van der Waals surface area contributed by atoms with Crippen LogP contribution in [-0.4, -0.2) is 15.3 Å². The van der Waals surface area contributed by atoms with Crippen LogP contribution < -0.4 is 5.32 Å². The van der Waals surface area contributed by atoms with Gasteiger partial charge in [-0.05, 0) is 24.1 Å². The molecule has 4 N–H and O–H groups in total. The molecule has 106 valence electrons. The lowest BCUT2D eigenvalue weighted by molar-refractivity contribution is 0.282. The average Bonchev–Trinajstić information content (AvgIpc) is 2.45. The molecule has 0 fully saturated rings. The van der Waals surface area contributed by atoms with Crippen LogP contribution in [0.25, 0.3) is 0 Å².